The predicted octanol–water partition coefficient (Wildman–Crippen LogP) is 8.33. The summed E-state index contributed by atoms with van der Waals surface area (Å²) < 4.78 is 4.55. The van der Waals surface area contributed by atoms with E-state index in [4.69, 9.17) is 22.6 Å². The Morgan fingerprint density at radius 3 is 2.31 bits per heavy atom. The molecular formula is C42H71N7O3. The molecule has 1 aromatic carbocycles. The van der Waals surface area contributed by atoms with Gasteiger partial charge in [-0.1, -0.05) is 102 Å². The van der Waals surface area contributed by atoms with E-state index >= 15 is 0 Å². The van der Waals surface area contributed by atoms with E-state index in [2.05, 4.69) is 46.4 Å². The minimum atomic E-state index is -0.123. The summed E-state index contributed by atoms with van der Waals surface area (Å²) in [5.74, 6) is 0.955. The van der Waals surface area contributed by atoms with Gasteiger partial charge in [-0.2, -0.15) is 0 Å². The number of allylic oxidation sites excluding steroid dienone is 5. The van der Waals surface area contributed by atoms with Crippen molar-refractivity contribution in [2.45, 2.75) is 106 Å². The maximum absolute atomic E-state index is 10.2. The Morgan fingerprint density at radius 2 is 1.79 bits per heavy atom. The fraction of sp³-hybridized carbons (Fsp3) is 0.500. The predicted molar refractivity (Wildman–Crippen MR) is 224 cm³/mol. The SMILES string of the molecule is C=C/C=C\CNC(/C=C(\N)c1ccccc1O)=C(N)N.CC.CC=N/C=C\C=N.CCC1=CCN(C2CCCCC2)CC(C)C1.CCOC(=O)CC. The number of aromatic hydroxyl groups is 1. The van der Waals surface area contributed by atoms with Gasteiger partial charge in [0.15, 0.2) is 0 Å². The number of benzene rings is 1. The zero-order valence-electron chi connectivity index (χ0n) is 33.2. The van der Waals surface area contributed by atoms with Crippen LogP contribution in [0.3, 0.4) is 0 Å². The minimum Gasteiger partial charge on any atom is -0.507 e. The summed E-state index contributed by atoms with van der Waals surface area (Å²) in [7, 11) is 0. The molecule has 0 spiro atoms. The van der Waals surface area contributed by atoms with Gasteiger partial charge in [0.2, 0.25) is 0 Å². The number of phenolic OH excluding ortho intramolecular Hbond substituents is 1. The first-order valence-electron chi connectivity index (χ1n) is 18.8. The highest BCUT2D eigenvalue weighted by Crippen LogP contribution is 2.27. The minimum absolute atomic E-state index is 0.0998. The third-order valence-corrected chi connectivity index (χ3v) is 7.84. The van der Waals surface area contributed by atoms with Crippen LogP contribution in [-0.4, -0.2) is 60.7 Å². The third-order valence-electron chi connectivity index (χ3n) is 7.84. The molecule has 1 fully saturated rings. The van der Waals surface area contributed by atoms with Gasteiger partial charge < -0.3 is 37.8 Å². The number of carbonyl (C=O) groups excluding carboxylic acids is 1. The summed E-state index contributed by atoms with van der Waals surface area (Å²) in [6.45, 7) is 21.3. The number of esters is 1. The van der Waals surface area contributed by atoms with Crippen LogP contribution in [-0.2, 0) is 9.53 Å². The molecule has 1 unspecified atom stereocenters. The summed E-state index contributed by atoms with van der Waals surface area (Å²) in [5, 5.41) is 19.3. The van der Waals surface area contributed by atoms with Crippen LogP contribution in [0.25, 0.3) is 5.70 Å². The van der Waals surface area contributed by atoms with Gasteiger partial charge in [-0.25, -0.2) is 0 Å². The molecule has 3 rings (SSSR count). The molecule has 0 amide bonds. The van der Waals surface area contributed by atoms with Crippen LogP contribution >= 0.6 is 0 Å². The van der Waals surface area contributed by atoms with E-state index in [-0.39, 0.29) is 17.5 Å². The second-order valence-corrected chi connectivity index (χ2v) is 11.9. The third kappa shape index (κ3) is 24.6. The molecule has 2 aliphatic rings. The number of nitrogens with one attached hydrogen (secondary N) is 2. The van der Waals surface area contributed by atoms with E-state index in [1.165, 1.54) is 64.2 Å². The molecular weight excluding hydrogens is 651 g/mol. The number of rotatable bonds is 12. The quantitative estimate of drug-likeness (QED) is 0.0540. The first-order valence-corrected chi connectivity index (χ1v) is 18.8. The molecule has 0 saturated heterocycles. The Labute approximate surface area is 315 Å². The van der Waals surface area contributed by atoms with Crippen molar-refractivity contribution in [2.75, 3.05) is 26.2 Å². The van der Waals surface area contributed by atoms with Crippen LogP contribution in [0.2, 0.25) is 0 Å². The molecule has 1 atom stereocenters. The Balaban J connectivity index is 0. The first-order chi connectivity index (χ1) is 25.1. The van der Waals surface area contributed by atoms with Crippen molar-refractivity contribution in [1.82, 2.24) is 10.2 Å². The van der Waals surface area contributed by atoms with Crippen LogP contribution < -0.4 is 22.5 Å². The zero-order chi connectivity index (χ0) is 39.6. The lowest BCUT2D eigenvalue weighted by molar-refractivity contribution is -0.142. The molecule has 1 aliphatic heterocycles. The molecule has 10 nitrogen and oxygen atoms in total. The monoisotopic (exact) mass is 722 g/mol. The van der Waals surface area contributed by atoms with Gasteiger partial charge in [-0.3, -0.25) is 14.7 Å². The summed E-state index contributed by atoms with van der Waals surface area (Å²) in [6.07, 6.45) is 25.7. The Bertz CT molecular complexity index is 1290. The lowest BCUT2D eigenvalue weighted by atomic mass is 9.93. The van der Waals surface area contributed by atoms with Crippen molar-refractivity contribution < 1.29 is 14.6 Å². The maximum Gasteiger partial charge on any atom is 0.305 e. The molecule has 292 valence electrons. The van der Waals surface area contributed by atoms with Gasteiger partial charge in [0, 0.05) is 62.0 Å². The van der Waals surface area contributed by atoms with Gasteiger partial charge in [0.05, 0.1) is 12.3 Å². The number of aliphatic imine (C=N–C) groups is 1. The highest BCUT2D eigenvalue weighted by atomic mass is 16.5. The molecule has 0 bridgehead atoms. The molecule has 52 heavy (non-hydrogen) atoms. The summed E-state index contributed by atoms with van der Waals surface area (Å²) in [6, 6.07) is 7.67. The number of para-hydroxylation sites is 1. The standard InChI is InChI=1S/C15H20N4O.C15H27N.C5H8N2.C5H10O2.C2H6/c1-2-3-6-9-19-13(15(17)18)10-12(16)11-7-4-5-8-14(11)20;1-3-14-9-10-16(12-13(2)11-14)15-7-5-4-6-8-15;1-2-7-5-3-4-6;1-3-5(6)7-4-2;1-2/h2-8,10,19-20H,1,9,16-18H2;9,13,15H,3-8,10-12H2,1-2H3;2-6H,1H3;3-4H2,1-2H3;1-2H3/b6-3-,12-10-;;5-3-,6-4?,7-2?;;. The second-order valence-electron chi connectivity index (χ2n) is 11.9. The number of hydrogen-bond acceptors (Lipinski definition) is 10. The van der Waals surface area contributed by atoms with E-state index in [1.54, 1.807) is 80.4 Å². The lowest BCUT2D eigenvalue weighted by Gasteiger charge is -2.34. The maximum atomic E-state index is 10.2. The number of carbonyl (C=O) groups is 1. The van der Waals surface area contributed by atoms with Gasteiger partial charge in [0.1, 0.15) is 11.6 Å². The largest absolute Gasteiger partial charge is 0.507 e. The van der Waals surface area contributed by atoms with Crippen LogP contribution in [0.1, 0.15) is 105 Å². The summed E-state index contributed by atoms with van der Waals surface area (Å²) >= 11 is 0. The molecule has 1 saturated carbocycles. The van der Waals surface area contributed by atoms with Crippen LogP contribution in [0, 0.1) is 11.3 Å². The van der Waals surface area contributed by atoms with E-state index in [0.29, 0.717) is 36.5 Å². The van der Waals surface area contributed by atoms with Crippen molar-refractivity contribution >= 4 is 24.1 Å². The van der Waals surface area contributed by atoms with Crippen LogP contribution in [0.5, 0.6) is 5.75 Å². The van der Waals surface area contributed by atoms with E-state index < -0.39 is 0 Å². The fourth-order valence-electron chi connectivity index (χ4n) is 5.31. The summed E-state index contributed by atoms with van der Waals surface area (Å²) in [4.78, 5) is 16.7. The van der Waals surface area contributed by atoms with Crippen molar-refractivity contribution in [3.8, 4) is 5.75 Å². The number of nitrogens with zero attached hydrogens (tertiary/aromatic N) is 2. The van der Waals surface area contributed by atoms with E-state index in [1.807, 2.05) is 26.8 Å². The molecule has 1 heterocycles. The van der Waals surface area contributed by atoms with Crippen LogP contribution in [0.4, 0.5) is 0 Å². The smallest absolute Gasteiger partial charge is 0.305 e. The van der Waals surface area contributed by atoms with Gasteiger partial charge in [-0.15, -0.1) is 0 Å². The van der Waals surface area contributed by atoms with E-state index in [9.17, 15) is 9.90 Å². The van der Waals surface area contributed by atoms with E-state index in [0.717, 1.165) is 12.0 Å². The van der Waals surface area contributed by atoms with Crippen molar-refractivity contribution in [2.24, 2.45) is 28.1 Å². The Morgan fingerprint density at radius 1 is 1.12 bits per heavy atom. The van der Waals surface area contributed by atoms with Crippen molar-refractivity contribution in [1.29, 1.82) is 5.41 Å². The summed E-state index contributed by atoms with van der Waals surface area (Å²) in [5.41, 5.74) is 20.2. The van der Waals surface area contributed by atoms with Crippen LogP contribution in [0.15, 0.2) is 95.6 Å². The molecule has 0 aromatic heterocycles. The Kier molecular flexibility index (Phi) is 32.0. The van der Waals surface area contributed by atoms with Crippen molar-refractivity contribution in [3.05, 3.63) is 96.2 Å². The highest BCUT2D eigenvalue weighted by Gasteiger charge is 2.23. The topological polar surface area (TPSA) is 176 Å². The molecule has 1 aromatic rings. The van der Waals surface area contributed by atoms with Gasteiger partial charge >= 0.3 is 5.97 Å². The number of ether oxygens (including phenoxy) is 1. The Hall–Kier alpha value is -4.57. The lowest BCUT2D eigenvalue weighted by Crippen LogP contribution is -2.38. The van der Waals surface area contributed by atoms with Gasteiger partial charge in [0.25, 0.3) is 0 Å². The zero-order valence-corrected chi connectivity index (χ0v) is 33.2. The molecule has 1 aliphatic carbocycles. The average molecular weight is 722 g/mol. The fourth-order valence-corrected chi connectivity index (χ4v) is 5.31. The van der Waals surface area contributed by atoms with Gasteiger partial charge in [-0.05, 0) is 69.7 Å². The number of phenols is 1. The first kappa shape index (κ1) is 49.5. The van der Waals surface area contributed by atoms with Crippen molar-refractivity contribution in [3.63, 3.8) is 0 Å². The highest BCUT2D eigenvalue weighted by molar-refractivity contribution is 5.70. The number of hydrogen-bond donors (Lipinski definition) is 6. The average Bonchev–Trinajstić information content (AvgIpc) is 3.36. The second kappa shape index (κ2) is 33.6. The number of nitrogens with two attached hydrogens (primary N) is 3. The molecule has 0 radical (unpaired) electrons. The molecule has 10 heteroatoms. The molecule has 9 N–H and O–H groups in total. The normalized spacial score (nSPS) is 16.2.